The Bertz CT molecular complexity index is 807. The van der Waals surface area contributed by atoms with Crippen molar-refractivity contribution in [2.75, 3.05) is 13.7 Å². The van der Waals surface area contributed by atoms with Crippen molar-refractivity contribution >= 4 is 22.6 Å². The number of hydrogen-bond donors (Lipinski definition) is 0. The third-order valence-corrected chi connectivity index (χ3v) is 5.10. The average molecular weight is 355 g/mol. The van der Waals surface area contributed by atoms with E-state index in [9.17, 15) is 9.59 Å². The molecule has 0 spiro atoms. The summed E-state index contributed by atoms with van der Waals surface area (Å²) in [4.78, 5) is 26.9. The molecule has 5 nitrogen and oxygen atoms in total. The number of carbonyl (C=O) groups excluding carboxylic acids is 2. The first-order valence-electron chi connectivity index (χ1n) is 9.06. The Morgan fingerprint density at radius 2 is 1.69 bits per heavy atom. The minimum Gasteiger partial charge on any atom is -0.496 e. The van der Waals surface area contributed by atoms with Gasteiger partial charge in [-0.15, -0.1) is 0 Å². The van der Waals surface area contributed by atoms with Gasteiger partial charge in [-0.1, -0.05) is 24.3 Å². The molecule has 3 rings (SSSR count). The molecule has 1 heterocycles. The Hall–Kier alpha value is -2.56. The Labute approximate surface area is 153 Å². The van der Waals surface area contributed by atoms with Crippen LogP contribution in [0.25, 0.3) is 10.8 Å². The number of nitrogens with zero attached hydrogens (tertiary/aromatic N) is 1. The summed E-state index contributed by atoms with van der Waals surface area (Å²) in [5, 5.41) is 1.90. The molecule has 0 bridgehead atoms. The van der Waals surface area contributed by atoms with E-state index in [-0.39, 0.29) is 24.6 Å². The first-order chi connectivity index (χ1) is 12.5. The van der Waals surface area contributed by atoms with Gasteiger partial charge in [0, 0.05) is 12.1 Å². The van der Waals surface area contributed by atoms with Crippen LogP contribution in [0.2, 0.25) is 0 Å². The molecule has 0 aromatic heterocycles. The first kappa shape index (κ1) is 18.2. The van der Waals surface area contributed by atoms with Crippen molar-refractivity contribution in [1.82, 2.24) is 4.90 Å². The fourth-order valence-electron chi connectivity index (χ4n) is 3.74. The van der Waals surface area contributed by atoms with Crippen LogP contribution >= 0.6 is 0 Å². The fraction of sp³-hybridized carbons (Fsp3) is 0.429. The second-order valence-corrected chi connectivity index (χ2v) is 6.91. The van der Waals surface area contributed by atoms with Crippen LogP contribution in [0.4, 0.5) is 0 Å². The van der Waals surface area contributed by atoms with Crippen LogP contribution in [-0.4, -0.2) is 42.6 Å². The number of amides is 1. The van der Waals surface area contributed by atoms with Crippen LogP contribution in [0.5, 0.6) is 5.75 Å². The van der Waals surface area contributed by atoms with Crippen molar-refractivity contribution in [3.05, 3.63) is 42.0 Å². The lowest BCUT2D eigenvalue weighted by Gasteiger charge is -2.38. The lowest BCUT2D eigenvalue weighted by Crippen LogP contribution is -2.49. The molecular formula is C21H25NO4. The number of esters is 1. The van der Waals surface area contributed by atoms with E-state index in [0.29, 0.717) is 11.3 Å². The molecule has 2 aromatic rings. The number of likely N-dealkylation sites (tertiary alicyclic amines) is 1. The van der Waals surface area contributed by atoms with Gasteiger partial charge in [-0.25, -0.2) is 4.79 Å². The minimum absolute atomic E-state index is 0.141. The van der Waals surface area contributed by atoms with Gasteiger partial charge in [0.15, 0.2) is 6.61 Å². The van der Waals surface area contributed by atoms with Crippen LogP contribution in [-0.2, 0) is 9.53 Å². The Morgan fingerprint density at radius 1 is 1.08 bits per heavy atom. The summed E-state index contributed by atoms with van der Waals surface area (Å²) < 4.78 is 10.7. The van der Waals surface area contributed by atoms with Gasteiger partial charge in [0.25, 0.3) is 5.91 Å². The highest BCUT2D eigenvalue weighted by Crippen LogP contribution is 2.27. The number of piperidine rings is 1. The molecule has 5 heteroatoms. The molecule has 0 radical (unpaired) electrons. The van der Waals surface area contributed by atoms with Crippen LogP contribution in [0, 0.1) is 0 Å². The monoisotopic (exact) mass is 355 g/mol. The van der Waals surface area contributed by atoms with E-state index in [1.54, 1.807) is 6.07 Å². The maximum absolute atomic E-state index is 12.5. The lowest BCUT2D eigenvalue weighted by molar-refractivity contribution is -0.140. The third kappa shape index (κ3) is 3.66. The van der Waals surface area contributed by atoms with Crippen LogP contribution < -0.4 is 4.74 Å². The summed E-state index contributed by atoms with van der Waals surface area (Å²) in [6.07, 6.45) is 3.10. The molecule has 0 aliphatic carbocycles. The number of rotatable bonds is 4. The van der Waals surface area contributed by atoms with E-state index in [2.05, 4.69) is 0 Å². The van der Waals surface area contributed by atoms with Crippen LogP contribution in [0.3, 0.4) is 0 Å². The minimum atomic E-state index is -0.543. The fourth-order valence-corrected chi connectivity index (χ4v) is 3.74. The SMILES string of the molecule is COc1cc2ccccc2cc1C(=O)OCC(=O)N1[C@H](C)CCC[C@@H]1C. The number of ether oxygens (including phenoxy) is 2. The van der Waals surface area contributed by atoms with Crippen molar-refractivity contribution in [2.24, 2.45) is 0 Å². The zero-order valence-corrected chi connectivity index (χ0v) is 15.5. The number of hydrogen-bond acceptors (Lipinski definition) is 4. The Morgan fingerprint density at radius 3 is 2.31 bits per heavy atom. The van der Waals surface area contributed by atoms with Gasteiger partial charge >= 0.3 is 5.97 Å². The molecule has 138 valence electrons. The summed E-state index contributed by atoms with van der Waals surface area (Å²) in [5.74, 6) is -0.239. The maximum atomic E-state index is 12.5. The summed E-state index contributed by atoms with van der Waals surface area (Å²) in [6.45, 7) is 3.84. The number of methoxy groups -OCH3 is 1. The predicted octanol–water partition coefficient (Wildman–Crippen LogP) is 3.79. The highest BCUT2D eigenvalue weighted by atomic mass is 16.5. The highest BCUT2D eigenvalue weighted by Gasteiger charge is 2.29. The number of carbonyl (C=O) groups is 2. The Balaban J connectivity index is 1.73. The molecule has 0 unspecified atom stereocenters. The Kier molecular flexibility index (Phi) is 5.45. The quantitative estimate of drug-likeness (QED) is 0.783. The van der Waals surface area contributed by atoms with E-state index in [1.807, 2.05) is 49.1 Å². The van der Waals surface area contributed by atoms with Gasteiger partial charge in [0.1, 0.15) is 11.3 Å². The molecule has 1 fully saturated rings. The summed E-state index contributed by atoms with van der Waals surface area (Å²) >= 11 is 0. The van der Waals surface area contributed by atoms with Gasteiger partial charge in [-0.2, -0.15) is 0 Å². The normalized spacial score (nSPS) is 20.0. The van der Waals surface area contributed by atoms with Crippen LogP contribution in [0.15, 0.2) is 36.4 Å². The second-order valence-electron chi connectivity index (χ2n) is 6.91. The molecular weight excluding hydrogens is 330 g/mol. The number of fused-ring (bicyclic) bond motifs is 1. The van der Waals surface area contributed by atoms with Gasteiger partial charge < -0.3 is 14.4 Å². The molecule has 0 saturated carbocycles. The first-order valence-corrected chi connectivity index (χ1v) is 9.06. The summed E-state index contributed by atoms with van der Waals surface area (Å²) in [6, 6.07) is 11.6. The molecule has 0 N–H and O–H groups in total. The molecule has 1 saturated heterocycles. The van der Waals surface area contributed by atoms with Gasteiger partial charge in [0.05, 0.1) is 7.11 Å². The van der Waals surface area contributed by atoms with Crippen molar-refractivity contribution in [3.63, 3.8) is 0 Å². The van der Waals surface area contributed by atoms with Gasteiger partial charge in [-0.3, -0.25) is 4.79 Å². The molecule has 1 amide bonds. The average Bonchev–Trinajstić information content (AvgIpc) is 2.64. The zero-order valence-electron chi connectivity index (χ0n) is 15.5. The topological polar surface area (TPSA) is 55.8 Å². The van der Waals surface area contributed by atoms with Crippen molar-refractivity contribution < 1.29 is 19.1 Å². The molecule has 2 atom stereocenters. The number of benzene rings is 2. The molecule has 2 aromatic carbocycles. The second kappa shape index (κ2) is 7.77. The van der Waals surface area contributed by atoms with Crippen molar-refractivity contribution in [1.29, 1.82) is 0 Å². The van der Waals surface area contributed by atoms with E-state index < -0.39 is 5.97 Å². The molecule has 1 aliphatic heterocycles. The zero-order chi connectivity index (χ0) is 18.7. The van der Waals surface area contributed by atoms with E-state index >= 15 is 0 Å². The smallest absolute Gasteiger partial charge is 0.342 e. The largest absolute Gasteiger partial charge is 0.496 e. The van der Waals surface area contributed by atoms with Crippen molar-refractivity contribution in [3.8, 4) is 5.75 Å². The standard InChI is InChI=1S/C21H25NO4/c1-14-7-6-8-15(2)22(14)20(23)13-26-21(24)18-11-16-9-4-5-10-17(16)12-19(18)25-3/h4-5,9-12,14-15H,6-8,13H2,1-3H3/t14-,15+. The maximum Gasteiger partial charge on any atom is 0.342 e. The highest BCUT2D eigenvalue weighted by molar-refractivity contribution is 5.99. The molecule has 26 heavy (non-hydrogen) atoms. The summed E-state index contributed by atoms with van der Waals surface area (Å²) in [5.41, 5.74) is 0.332. The third-order valence-electron chi connectivity index (χ3n) is 5.10. The van der Waals surface area contributed by atoms with Gasteiger partial charge in [-0.05, 0) is 56.0 Å². The van der Waals surface area contributed by atoms with Crippen LogP contribution in [0.1, 0.15) is 43.5 Å². The van der Waals surface area contributed by atoms with E-state index in [1.165, 1.54) is 7.11 Å². The van der Waals surface area contributed by atoms with E-state index in [0.717, 1.165) is 30.0 Å². The predicted molar refractivity (Wildman–Crippen MR) is 100 cm³/mol. The van der Waals surface area contributed by atoms with E-state index in [4.69, 9.17) is 9.47 Å². The summed E-state index contributed by atoms with van der Waals surface area (Å²) in [7, 11) is 1.52. The lowest BCUT2D eigenvalue weighted by atomic mass is 9.97. The van der Waals surface area contributed by atoms with Crippen molar-refractivity contribution in [2.45, 2.75) is 45.2 Å². The molecule has 1 aliphatic rings. The van der Waals surface area contributed by atoms with Gasteiger partial charge in [0.2, 0.25) is 0 Å².